The van der Waals surface area contributed by atoms with E-state index in [4.69, 9.17) is 4.52 Å². The molecule has 0 atom stereocenters. The number of aryl methyl sites for hydroxylation is 2. The van der Waals surface area contributed by atoms with Gasteiger partial charge in [0.25, 0.3) is 5.56 Å². The van der Waals surface area contributed by atoms with Crippen LogP contribution in [0.5, 0.6) is 5.75 Å². The Balaban J connectivity index is 2.08. The molecule has 1 aromatic carbocycles. The molecule has 0 fully saturated rings. The van der Waals surface area contributed by atoms with Crippen molar-refractivity contribution < 1.29 is 9.63 Å². The second-order valence-corrected chi connectivity index (χ2v) is 6.18. The van der Waals surface area contributed by atoms with Gasteiger partial charge in [0.05, 0.1) is 34.6 Å². The first-order valence-electron chi connectivity index (χ1n) is 8.25. The van der Waals surface area contributed by atoms with Crippen LogP contribution in [0, 0.1) is 13.8 Å². The summed E-state index contributed by atoms with van der Waals surface area (Å²) in [6.45, 7) is 3.91. The van der Waals surface area contributed by atoms with Crippen LogP contribution < -0.4 is 5.56 Å². The maximum Gasteiger partial charge on any atom is 0.251 e. The topological polar surface area (TPSA) is 81.2 Å². The lowest BCUT2D eigenvalue weighted by atomic mass is 9.99. The fourth-order valence-corrected chi connectivity index (χ4v) is 3.28. The summed E-state index contributed by atoms with van der Waals surface area (Å²) in [6.07, 6.45) is 1.69. The highest BCUT2D eigenvalue weighted by molar-refractivity contribution is 5.98. The van der Waals surface area contributed by atoms with Crippen molar-refractivity contribution in [3.8, 4) is 16.9 Å². The number of nitrogens with zero attached hydrogens (tertiary/aromatic N) is 3. The van der Waals surface area contributed by atoms with Gasteiger partial charge in [-0.05, 0) is 49.6 Å². The summed E-state index contributed by atoms with van der Waals surface area (Å²) in [4.78, 5) is 17.0. The molecule has 4 aromatic rings. The lowest BCUT2D eigenvalue weighted by Crippen LogP contribution is -2.21. The summed E-state index contributed by atoms with van der Waals surface area (Å²) >= 11 is 0. The molecule has 0 spiro atoms. The molecule has 0 saturated heterocycles. The lowest BCUT2D eigenvalue weighted by molar-refractivity contribution is 0.393. The van der Waals surface area contributed by atoms with E-state index in [1.807, 2.05) is 25.1 Å². The number of benzene rings is 1. The zero-order valence-corrected chi connectivity index (χ0v) is 14.4. The quantitative estimate of drug-likeness (QED) is 0.614. The Morgan fingerprint density at radius 1 is 1.08 bits per heavy atom. The van der Waals surface area contributed by atoms with E-state index in [0.29, 0.717) is 34.6 Å². The highest BCUT2D eigenvalue weighted by atomic mass is 16.5. The van der Waals surface area contributed by atoms with Crippen molar-refractivity contribution in [1.29, 1.82) is 0 Å². The number of hydrogen-bond acceptors (Lipinski definition) is 5. The Morgan fingerprint density at radius 3 is 2.58 bits per heavy atom. The average Bonchev–Trinajstić information content (AvgIpc) is 2.97. The second-order valence-electron chi connectivity index (χ2n) is 6.18. The molecular weight excluding hydrogens is 330 g/mol. The minimum atomic E-state index is -0.165. The second kappa shape index (κ2) is 6.15. The van der Waals surface area contributed by atoms with Gasteiger partial charge in [0.15, 0.2) is 0 Å². The third-order valence-electron chi connectivity index (χ3n) is 4.46. The van der Waals surface area contributed by atoms with Crippen molar-refractivity contribution in [3.63, 3.8) is 0 Å². The molecule has 0 aliphatic rings. The molecule has 130 valence electrons. The van der Waals surface area contributed by atoms with Crippen LogP contribution in [0.3, 0.4) is 0 Å². The normalized spacial score (nSPS) is 11.2. The molecule has 0 bridgehead atoms. The number of rotatable bonds is 3. The average molecular weight is 347 g/mol. The van der Waals surface area contributed by atoms with Crippen LogP contribution in [0.15, 0.2) is 58.0 Å². The van der Waals surface area contributed by atoms with Gasteiger partial charge in [-0.15, -0.1) is 0 Å². The molecule has 3 aromatic heterocycles. The van der Waals surface area contributed by atoms with E-state index in [2.05, 4.69) is 10.1 Å². The molecule has 1 N–H and O–H groups in total. The van der Waals surface area contributed by atoms with Gasteiger partial charge in [-0.25, -0.2) is 0 Å². The summed E-state index contributed by atoms with van der Waals surface area (Å²) in [5.74, 6) is 0.665. The van der Waals surface area contributed by atoms with Crippen LogP contribution in [-0.4, -0.2) is 19.8 Å². The number of pyridine rings is 2. The maximum atomic E-state index is 12.7. The van der Waals surface area contributed by atoms with Crippen LogP contribution in [0.25, 0.3) is 22.0 Å². The van der Waals surface area contributed by atoms with Gasteiger partial charge in [-0.1, -0.05) is 11.2 Å². The number of phenols is 1. The van der Waals surface area contributed by atoms with Crippen molar-refractivity contribution in [2.24, 2.45) is 0 Å². The molecule has 3 heterocycles. The molecule has 26 heavy (non-hydrogen) atoms. The number of fused-ring (bicyclic) bond motifs is 1. The van der Waals surface area contributed by atoms with E-state index in [0.717, 1.165) is 11.1 Å². The van der Waals surface area contributed by atoms with E-state index in [1.165, 1.54) is 6.07 Å². The Hall–Kier alpha value is -3.41. The van der Waals surface area contributed by atoms with E-state index in [9.17, 15) is 9.90 Å². The number of aromatic nitrogens is 3. The Kier molecular flexibility index (Phi) is 3.80. The first-order chi connectivity index (χ1) is 12.6. The van der Waals surface area contributed by atoms with Gasteiger partial charge in [0, 0.05) is 12.3 Å². The smallest absolute Gasteiger partial charge is 0.251 e. The highest BCUT2D eigenvalue weighted by Gasteiger charge is 2.21. The molecule has 0 aliphatic carbocycles. The monoisotopic (exact) mass is 347 g/mol. The number of hydrogen-bond donors (Lipinski definition) is 1. The summed E-state index contributed by atoms with van der Waals surface area (Å²) in [5.41, 5.74) is 3.14. The zero-order chi connectivity index (χ0) is 18.3. The first kappa shape index (κ1) is 16.1. The predicted molar refractivity (Wildman–Crippen MR) is 98.2 cm³/mol. The van der Waals surface area contributed by atoms with Crippen LogP contribution in [0.2, 0.25) is 0 Å². The molecule has 6 nitrogen and oxygen atoms in total. The third-order valence-corrected chi connectivity index (χ3v) is 4.46. The van der Waals surface area contributed by atoms with Crippen LogP contribution in [0.4, 0.5) is 0 Å². The Labute approximate surface area is 149 Å². The van der Waals surface area contributed by atoms with Gasteiger partial charge in [0.1, 0.15) is 11.5 Å². The largest absolute Gasteiger partial charge is 0.507 e. The fourth-order valence-electron chi connectivity index (χ4n) is 3.28. The molecule has 0 amide bonds. The zero-order valence-electron chi connectivity index (χ0n) is 14.4. The summed E-state index contributed by atoms with van der Waals surface area (Å²) in [5, 5.41) is 15.4. The minimum absolute atomic E-state index is 0.0762. The lowest BCUT2D eigenvalue weighted by Gasteiger charge is -2.15. The molecular formula is C20H17N3O3. The highest BCUT2D eigenvalue weighted by Crippen LogP contribution is 2.39. The van der Waals surface area contributed by atoms with Gasteiger partial charge < -0.3 is 14.2 Å². The first-order valence-corrected chi connectivity index (χ1v) is 8.25. The Bertz CT molecular complexity index is 1140. The van der Waals surface area contributed by atoms with Gasteiger partial charge in [0.2, 0.25) is 0 Å². The van der Waals surface area contributed by atoms with Crippen molar-refractivity contribution in [1.82, 2.24) is 14.7 Å². The SMILES string of the molecule is Cc1noc(C)c1-c1c(O)ccc2ccc(=O)n(Cc3ccccn3)c12. The molecule has 0 aliphatic heterocycles. The summed E-state index contributed by atoms with van der Waals surface area (Å²) in [7, 11) is 0. The summed E-state index contributed by atoms with van der Waals surface area (Å²) in [6, 6.07) is 12.3. The summed E-state index contributed by atoms with van der Waals surface area (Å²) < 4.78 is 6.90. The van der Waals surface area contributed by atoms with Crippen molar-refractivity contribution in [2.75, 3.05) is 0 Å². The van der Waals surface area contributed by atoms with Crippen molar-refractivity contribution in [2.45, 2.75) is 20.4 Å². The van der Waals surface area contributed by atoms with E-state index in [1.54, 1.807) is 35.9 Å². The van der Waals surface area contributed by atoms with Crippen LogP contribution in [-0.2, 0) is 6.54 Å². The van der Waals surface area contributed by atoms with E-state index in [-0.39, 0.29) is 11.3 Å². The van der Waals surface area contributed by atoms with E-state index < -0.39 is 0 Å². The van der Waals surface area contributed by atoms with Crippen LogP contribution in [0.1, 0.15) is 17.1 Å². The number of aromatic hydroxyl groups is 1. The molecule has 6 heteroatoms. The van der Waals surface area contributed by atoms with Crippen molar-refractivity contribution in [3.05, 3.63) is 76.2 Å². The van der Waals surface area contributed by atoms with Gasteiger partial charge in [-0.2, -0.15) is 0 Å². The maximum absolute atomic E-state index is 12.7. The van der Waals surface area contributed by atoms with Crippen molar-refractivity contribution >= 4 is 10.9 Å². The number of phenolic OH excluding ortho intramolecular Hbond substituents is 1. The van der Waals surface area contributed by atoms with Gasteiger partial charge in [-0.3, -0.25) is 9.78 Å². The fraction of sp³-hybridized carbons (Fsp3) is 0.150. The van der Waals surface area contributed by atoms with Gasteiger partial charge >= 0.3 is 0 Å². The predicted octanol–water partition coefficient (Wildman–Crippen LogP) is 3.42. The van der Waals surface area contributed by atoms with E-state index >= 15 is 0 Å². The van der Waals surface area contributed by atoms with Crippen LogP contribution >= 0.6 is 0 Å². The molecule has 0 radical (unpaired) electrons. The molecule has 0 unspecified atom stereocenters. The standard InChI is InChI=1S/C20H17N3O3/c1-12-18(13(2)26-22-12)19-16(24)8-6-14-7-9-17(25)23(20(14)19)11-15-5-3-4-10-21-15/h3-10,24H,11H2,1-2H3. The third kappa shape index (κ3) is 2.56. The Morgan fingerprint density at radius 2 is 1.88 bits per heavy atom. The minimum Gasteiger partial charge on any atom is -0.507 e. The molecule has 0 saturated carbocycles. The molecule has 4 rings (SSSR count).